The maximum absolute atomic E-state index is 12.6. The maximum Gasteiger partial charge on any atom is 0.305 e. The SMILES string of the molecule is CCCCCCCCC/C=C\CCCCCCCC(=O)OCCCCCCCCCCCCCCCCCCCC/C=C\CCCCCCCCCCCCCCCCCCCC(=O)NC(CO)C(O)CCCCCCCCCCCCCCCCCCCCCCCC. The molecule has 1 amide bonds. The summed E-state index contributed by atoms with van der Waals surface area (Å²) in [6.45, 7) is 5.01. The Balaban J connectivity index is 3.32. The Kier molecular flexibility index (Phi) is 82.3. The molecule has 0 heterocycles. The molecule has 0 aromatic heterocycles. The molecule has 94 heavy (non-hydrogen) atoms. The average molecular weight is 1320 g/mol. The third kappa shape index (κ3) is 79.3. The van der Waals surface area contributed by atoms with Gasteiger partial charge in [0.1, 0.15) is 0 Å². The summed E-state index contributed by atoms with van der Waals surface area (Å²) in [4.78, 5) is 24.7. The van der Waals surface area contributed by atoms with E-state index in [2.05, 4.69) is 43.5 Å². The molecule has 6 heteroatoms. The van der Waals surface area contributed by atoms with Crippen molar-refractivity contribution in [2.45, 2.75) is 514 Å². The lowest BCUT2D eigenvalue weighted by Crippen LogP contribution is -2.45. The van der Waals surface area contributed by atoms with Crippen LogP contribution in [0.3, 0.4) is 0 Å². The van der Waals surface area contributed by atoms with Gasteiger partial charge >= 0.3 is 5.97 Å². The zero-order valence-electron chi connectivity index (χ0n) is 64.2. The first-order valence-corrected chi connectivity index (χ1v) is 43.6. The van der Waals surface area contributed by atoms with Crippen LogP contribution in [0.5, 0.6) is 0 Å². The van der Waals surface area contributed by atoms with Crippen molar-refractivity contribution >= 4 is 11.9 Å². The molecule has 0 aliphatic rings. The lowest BCUT2D eigenvalue weighted by molar-refractivity contribution is -0.143. The number of nitrogens with one attached hydrogen (secondary N) is 1. The molecular formula is C88H171NO5. The van der Waals surface area contributed by atoms with Crippen LogP contribution in [0.4, 0.5) is 0 Å². The zero-order valence-corrected chi connectivity index (χ0v) is 64.2. The molecule has 0 aromatic carbocycles. The van der Waals surface area contributed by atoms with E-state index in [9.17, 15) is 19.8 Å². The van der Waals surface area contributed by atoms with Crippen molar-refractivity contribution in [3.05, 3.63) is 24.3 Å². The van der Waals surface area contributed by atoms with Crippen molar-refractivity contribution in [3.8, 4) is 0 Å². The number of amides is 1. The van der Waals surface area contributed by atoms with Crippen molar-refractivity contribution in [3.63, 3.8) is 0 Å². The van der Waals surface area contributed by atoms with Crippen LogP contribution in [0.2, 0.25) is 0 Å². The summed E-state index contributed by atoms with van der Waals surface area (Å²) in [5, 5.41) is 23.5. The van der Waals surface area contributed by atoms with Gasteiger partial charge in [-0.05, 0) is 77.0 Å². The van der Waals surface area contributed by atoms with E-state index in [1.807, 2.05) is 0 Å². The Morgan fingerprint density at radius 3 is 0.755 bits per heavy atom. The second-order valence-corrected chi connectivity index (χ2v) is 30.2. The van der Waals surface area contributed by atoms with E-state index in [1.165, 1.54) is 424 Å². The van der Waals surface area contributed by atoms with Crippen LogP contribution in [-0.2, 0) is 14.3 Å². The number of hydrogen-bond donors (Lipinski definition) is 3. The Hall–Kier alpha value is -1.66. The van der Waals surface area contributed by atoms with Crippen LogP contribution in [-0.4, -0.2) is 47.4 Å². The Labute approximate surface area is 590 Å². The molecule has 558 valence electrons. The fourth-order valence-electron chi connectivity index (χ4n) is 14.1. The number of ether oxygens (including phenoxy) is 1. The number of allylic oxidation sites excluding steroid dienone is 4. The van der Waals surface area contributed by atoms with Crippen LogP contribution in [0.1, 0.15) is 502 Å². The number of carbonyl (C=O) groups excluding carboxylic acids is 2. The molecule has 0 aliphatic heterocycles. The second-order valence-electron chi connectivity index (χ2n) is 30.2. The van der Waals surface area contributed by atoms with Gasteiger partial charge in [-0.25, -0.2) is 0 Å². The molecule has 0 bridgehead atoms. The number of rotatable bonds is 83. The predicted octanol–water partition coefficient (Wildman–Crippen LogP) is 29.2. The van der Waals surface area contributed by atoms with Crippen molar-refractivity contribution in [2.75, 3.05) is 13.2 Å². The molecule has 2 atom stereocenters. The molecule has 0 fully saturated rings. The normalized spacial score (nSPS) is 12.5. The second kappa shape index (κ2) is 83.8. The predicted molar refractivity (Wildman–Crippen MR) is 417 cm³/mol. The molecule has 0 saturated carbocycles. The highest BCUT2D eigenvalue weighted by atomic mass is 16.5. The van der Waals surface area contributed by atoms with E-state index in [0.717, 1.165) is 44.9 Å². The quantitative estimate of drug-likeness (QED) is 0.0320. The van der Waals surface area contributed by atoms with Gasteiger partial charge in [0.2, 0.25) is 5.91 Å². The van der Waals surface area contributed by atoms with Crippen molar-refractivity contribution in [1.29, 1.82) is 0 Å². The van der Waals surface area contributed by atoms with E-state index in [1.54, 1.807) is 0 Å². The lowest BCUT2D eigenvalue weighted by atomic mass is 10.0. The van der Waals surface area contributed by atoms with Crippen LogP contribution >= 0.6 is 0 Å². The number of hydrogen-bond acceptors (Lipinski definition) is 5. The molecule has 0 spiro atoms. The van der Waals surface area contributed by atoms with Crippen molar-refractivity contribution in [2.24, 2.45) is 0 Å². The zero-order chi connectivity index (χ0) is 67.7. The molecule has 3 N–H and O–H groups in total. The van der Waals surface area contributed by atoms with Gasteiger partial charge in [-0.3, -0.25) is 9.59 Å². The van der Waals surface area contributed by atoms with Gasteiger partial charge in [0, 0.05) is 12.8 Å². The Bertz CT molecular complexity index is 1480. The van der Waals surface area contributed by atoms with Gasteiger partial charge in [-0.2, -0.15) is 0 Å². The Morgan fingerprint density at radius 2 is 0.500 bits per heavy atom. The highest BCUT2D eigenvalue weighted by Gasteiger charge is 2.20. The highest BCUT2D eigenvalue weighted by molar-refractivity contribution is 5.76. The molecule has 6 nitrogen and oxygen atoms in total. The third-order valence-electron chi connectivity index (χ3n) is 20.7. The average Bonchev–Trinajstić information content (AvgIpc) is 3.68. The van der Waals surface area contributed by atoms with E-state index in [4.69, 9.17) is 4.74 Å². The largest absolute Gasteiger partial charge is 0.466 e. The number of aliphatic hydroxyl groups is 2. The van der Waals surface area contributed by atoms with E-state index in [-0.39, 0.29) is 18.5 Å². The highest BCUT2D eigenvalue weighted by Crippen LogP contribution is 2.21. The van der Waals surface area contributed by atoms with E-state index < -0.39 is 12.1 Å². The van der Waals surface area contributed by atoms with Crippen LogP contribution < -0.4 is 5.32 Å². The van der Waals surface area contributed by atoms with Gasteiger partial charge in [0.15, 0.2) is 0 Å². The number of aliphatic hydroxyl groups excluding tert-OH is 2. The minimum Gasteiger partial charge on any atom is -0.466 e. The number of carbonyl (C=O) groups is 2. The van der Waals surface area contributed by atoms with Gasteiger partial charge in [-0.1, -0.05) is 436 Å². The summed E-state index contributed by atoms with van der Waals surface area (Å²) in [5.41, 5.74) is 0. The summed E-state index contributed by atoms with van der Waals surface area (Å²) in [6.07, 6.45) is 109. The molecule has 0 radical (unpaired) electrons. The first kappa shape index (κ1) is 92.3. The summed E-state index contributed by atoms with van der Waals surface area (Å²) in [5.74, 6) is -0.00840. The maximum atomic E-state index is 12.6. The lowest BCUT2D eigenvalue weighted by Gasteiger charge is -2.22. The number of unbranched alkanes of at least 4 members (excludes halogenated alkanes) is 68. The first-order valence-electron chi connectivity index (χ1n) is 43.6. The monoisotopic (exact) mass is 1320 g/mol. The summed E-state index contributed by atoms with van der Waals surface area (Å²) in [7, 11) is 0. The standard InChI is InChI=1S/C88H171NO5/c1-3-5-7-9-11-13-15-17-19-21-22-23-43-46-49-52-56-60-64-68-72-76-80-86(91)85(84-90)89-87(92)81-77-73-69-65-61-57-53-50-47-44-41-39-37-35-33-31-29-27-25-24-26-28-30-32-34-36-38-40-42-45-48-51-55-59-63-67-71-75-79-83-94-88(93)82-78-74-70-66-62-58-54-20-18-16-14-12-10-8-6-4-2/h20,24-25,54,85-86,90-91H,3-19,21-23,26-53,55-84H2,1-2H3,(H,89,92)/b25-24-,54-20-. The van der Waals surface area contributed by atoms with E-state index >= 15 is 0 Å². The fourth-order valence-corrected chi connectivity index (χ4v) is 14.1. The topological polar surface area (TPSA) is 95.9 Å². The summed E-state index contributed by atoms with van der Waals surface area (Å²) < 4.78 is 5.51. The van der Waals surface area contributed by atoms with Gasteiger partial charge in [0.25, 0.3) is 0 Å². The Morgan fingerprint density at radius 1 is 0.287 bits per heavy atom. The molecule has 0 rings (SSSR count). The first-order chi connectivity index (χ1) is 46.5. The van der Waals surface area contributed by atoms with Gasteiger partial charge in [0.05, 0.1) is 25.4 Å². The van der Waals surface area contributed by atoms with Crippen molar-refractivity contribution in [1.82, 2.24) is 5.32 Å². The number of esters is 1. The summed E-state index contributed by atoms with van der Waals surface area (Å²) >= 11 is 0. The van der Waals surface area contributed by atoms with Crippen LogP contribution in [0, 0.1) is 0 Å². The third-order valence-corrected chi connectivity index (χ3v) is 20.7. The summed E-state index contributed by atoms with van der Waals surface area (Å²) in [6, 6.07) is -0.539. The molecule has 2 unspecified atom stereocenters. The van der Waals surface area contributed by atoms with Gasteiger partial charge in [-0.15, -0.1) is 0 Å². The van der Waals surface area contributed by atoms with E-state index in [0.29, 0.717) is 25.9 Å². The van der Waals surface area contributed by atoms with Crippen LogP contribution in [0.25, 0.3) is 0 Å². The van der Waals surface area contributed by atoms with Gasteiger partial charge < -0.3 is 20.3 Å². The molecule has 0 aliphatic carbocycles. The fraction of sp³-hybridized carbons (Fsp3) is 0.932. The molecule has 0 aromatic rings. The van der Waals surface area contributed by atoms with Crippen molar-refractivity contribution < 1.29 is 24.5 Å². The molecule has 0 saturated heterocycles. The minimum atomic E-state index is -0.662. The van der Waals surface area contributed by atoms with Crippen LogP contribution in [0.15, 0.2) is 24.3 Å². The minimum absolute atomic E-state index is 0.0162. The smallest absolute Gasteiger partial charge is 0.305 e. The molecular weight excluding hydrogens is 1150 g/mol.